The molecule has 3 aromatic rings. The summed E-state index contributed by atoms with van der Waals surface area (Å²) in [5.41, 5.74) is 6.69. The topological polar surface area (TPSA) is 85.3 Å². The Morgan fingerprint density at radius 3 is 2.67 bits per heavy atom. The third-order valence-electron chi connectivity index (χ3n) is 4.17. The number of carbonyl (C=O) groups is 1. The number of hydrogen-bond acceptors (Lipinski definition) is 4. The van der Waals surface area contributed by atoms with Crippen LogP contribution >= 0.6 is 0 Å². The highest BCUT2D eigenvalue weighted by Gasteiger charge is 2.10. The van der Waals surface area contributed by atoms with Gasteiger partial charge in [-0.1, -0.05) is 42.5 Å². The summed E-state index contributed by atoms with van der Waals surface area (Å²) in [5, 5.41) is 11.3. The zero-order valence-electron chi connectivity index (χ0n) is 14.8. The molecule has 0 heterocycles. The minimum atomic E-state index is -0.784. The van der Waals surface area contributed by atoms with Crippen molar-refractivity contribution >= 4 is 22.8 Å². The van der Waals surface area contributed by atoms with Gasteiger partial charge in [-0.25, -0.2) is 0 Å². The van der Waals surface area contributed by atoms with Crippen molar-refractivity contribution in [1.29, 1.82) is 5.26 Å². The Morgan fingerprint density at radius 2 is 1.93 bits per heavy atom. The molecule has 5 nitrogen and oxygen atoms in total. The van der Waals surface area contributed by atoms with E-state index in [1.165, 1.54) is 6.08 Å². The number of nitrogens with two attached hydrogens (primary N) is 1. The SMILES string of the molecule is COc1ccc(/C=C(\C#N)C(N)=O)c(OCc2cccc3ccccc23)c1. The maximum atomic E-state index is 11.4. The summed E-state index contributed by atoms with van der Waals surface area (Å²) in [6.07, 6.45) is 1.42. The van der Waals surface area contributed by atoms with Gasteiger partial charge >= 0.3 is 0 Å². The minimum absolute atomic E-state index is 0.143. The standard InChI is InChI=1S/C22H18N2O3/c1-26-19-10-9-16(11-18(13-23)22(24)25)21(12-19)27-14-17-7-4-6-15-5-2-3-8-20(15)17/h2-12H,14H2,1H3,(H2,24,25)/b18-11+. The second-order valence-corrected chi connectivity index (χ2v) is 5.86. The van der Waals surface area contributed by atoms with Gasteiger partial charge in [-0.05, 0) is 34.5 Å². The molecule has 0 aliphatic rings. The van der Waals surface area contributed by atoms with E-state index in [0.717, 1.165) is 16.3 Å². The van der Waals surface area contributed by atoms with Crippen molar-refractivity contribution in [1.82, 2.24) is 0 Å². The molecule has 0 aliphatic heterocycles. The van der Waals surface area contributed by atoms with Gasteiger partial charge in [0, 0.05) is 11.6 Å². The highest BCUT2D eigenvalue weighted by atomic mass is 16.5. The number of hydrogen-bond donors (Lipinski definition) is 1. The summed E-state index contributed by atoms with van der Waals surface area (Å²) < 4.78 is 11.3. The molecule has 0 saturated heterocycles. The third kappa shape index (κ3) is 4.07. The number of amides is 1. The molecule has 3 aromatic carbocycles. The summed E-state index contributed by atoms with van der Waals surface area (Å²) in [6.45, 7) is 0.327. The molecule has 0 bridgehead atoms. The van der Waals surface area contributed by atoms with E-state index in [9.17, 15) is 4.79 Å². The number of benzene rings is 3. The van der Waals surface area contributed by atoms with Gasteiger partial charge in [0.25, 0.3) is 5.91 Å². The number of nitriles is 1. The van der Waals surface area contributed by atoms with Crippen LogP contribution in [0.3, 0.4) is 0 Å². The molecule has 0 aliphatic carbocycles. The van der Waals surface area contributed by atoms with E-state index >= 15 is 0 Å². The predicted molar refractivity (Wildman–Crippen MR) is 104 cm³/mol. The molecule has 2 N–H and O–H groups in total. The average Bonchev–Trinajstić information content (AvgIpc) is 2.70. The molecule has 5 heteroatoms. The first-order chi connectivity index (χ1) is 13.1. The molecular weight excluding hydrogens is 340 g/mol. The van der Waals surface area contributed by atoms with Gasteiger partial charge in [0.15, 0.2) is 0 Å². The molecule has 0 unspecified atom stereocenters. The van der Waals surface area contributed by atoms with Crippen molar-refractivity contribution < 1.29 is 14.3 Å². The summed E-state index contributed by atoms with van der Waals surface area (Å²) in [4.78, 5) is 11.4. The zero-order chi connectivity index (χ0) is 19.2. The lowest BCUT2D eigenvalue weighted by Crippen LogP contribution is -2.12. The van der Waals surface area contributed by atoms with Gasteiger partial charge in [0.05, 0.1) is 7.11 Å². The average molecular weight is 358 g/mol. The van der Waals surface area contributed by atoms with Crippen LogP contribution in [0.25, 0.3) is 16.8 Å². The molecule has 0 fully saturated rings. The number of ether oxygens (including phenoxy) is 2. The van der Waals surface area contributed by atoms with Gasteiger partial charge < -0.3 is 15.2 Å². The van der Waals surface area contributed by atoms with Crippen molar-refractivity contribution in [2.45, 2.75) is 6.61 Å². The Kier molecular flexibility index (Phi) is 5.38. The largest absolute Gasteiger partial charge is 0.497 e. The predicted octanol–water partition coefficient (Wildman–Crippen LogP) is 3.82. The van der Waals surface area contributed by atoms with Crippen LogP contribution in [0.2, 0.25) is 0 Å². The van der Waals surface area contributed by atoms with E-state index in [-0.39, 0.29) is 5.57 Å². The Hall–Kier alpha value is -3.78. The first-order valence-corrected chi connectivity index (χ1v) is 8.31. The number of rotatable bonds is 6. The lowest BCUT2D eigenvalue weighted by molar-refractivity contribution is -0.114. The van der Waals surface area contributed by atoms with E-state index < -0.39 is 5.91 Å². The maximum absolute atomic E-state index is 11.4. The van der Waals surface area contributed by atoms with E-state index in [4.69, 9.17) is 20.5 Å². The number of fused-ring (bicyclic) bond motifs is 1. The molecule has 0 saturated carbocycles. The number of methoxy groups -OCH3 is 1. The van der Waals surface area contributed by atoms with Crippen LogP contribution in [0.5, 0.6) is 11.5 Å². The fourth-order valence-electron chi connectivity index (χ4n) is 2.77. The zero-order valence-corrected chi connectivity index (χ0v) is 14.8. The van der Waals surface area contributed by atoms with E-state index in [1.807, 2.05) is 42.5 Å². The van der Waals surface area contributed by atoms with Crippen molar-refractivity contribution in [2.24, 2.45) is 5.73 Å². The number of primary amides is 1. The third-order valence-corrected chi connectivity index (χ3v) is 4.17. The van der Waals surface area contributed by atoms with Crippen LogP contribution in [0, 0.1) is 11.3 Å². The first kappa shape index (κ1) is 18.0. The fourth-order valence-corrected chi connectivity index (χ4v) is 2.77. The smallest absolute Gasteiger partial charge is 0.259 e. The molecule has 3 rings (SSSR count). The van der Waals surface area contributed by atoms with Gasteiger partial charge in [-0.3, -0.25) is 4.79 Å². The summed E-state index contributed by atoms with van der Waals surface area (Å²) in [7, 11) is 1.56. The van der Waals surface area contributed by atoms with E-state index in [0.29, 0.717) is 23.7 Å². The quantitative estimate of drug-likeness (QED) is 0.536. The van der Waals surface area contributed by atoms with Gasteiger partial charge in [-0.2, -0.15) is 5.26 Å². The molecule has 0 radical (unpaired) electrons. The van der Waals surface area contributed by atoms with Crippen molar-refractivity contribution in [3.63, 3.8) is 0 Å². The lowest BCUT2D eigenvalue weighted by Gasteiger charge is -2.13. The van der Waals surface area contributed by atoms with Crippen LogP contribution < -0.4 is 15.2 Å². The van der Waals surface area contributed by atoms with Crippen LogP contribution in [0.1, 0.15) is 11.1 Å². The van der Waals surface area contributed by atoms with Gasteiger partial charge in [0.2, 0.25) is 0 Å². The Labute approximate surface area is 157 Å². The first-order valence-electron chi connectivity index (χ1n) is 8.31. The van der Waals surface area contributed by atoms with Crippen LogP contribution in [0.4, 0.5) is 0 Å². The monoisotopic (exact) mass is 358 g/mol. The highest BCUT2D eigenvalue weighted by Crippen LogP contribution is 2.28. The molecular formula is C22H18N2O3. The molecule has 27 heavy (non-hydrogen) atoms. The molecule has 0 atom stereocenters. The second kappa shape index (κ2) is 8.07. The van der Waals surface area contributed by atoms with Gasteiger partial charge in [-0.15, -0.1) is 0 Å². The summed E-state index contributed by atoms with van der Waals surface area (Å²) in [5.74, 6) is 0.322. The molecule has 134 valence electrons. The minimum Gasteiger partial charge on any atom is -0.497 e. The van der Waals surface area contributed by atoms with E-state index in [1.54, 1.807) is 31.4 Å². The maximum Gasteiger partial charge on any atom is 0.259 e. The molecule has 0 aromatic heterocycles. The van der Waals surface area contributed by atoms with E-state index in [2.05, 4.69) is 0 Å². The second-order valence-electron chi connectivity index (χ2n) is 5.86. The Balaban J connectivity index is 1.96. The number of nitrogens with zero attached hydrogens (tertiary/aromatic N) is 1. The molecule has 0 spiro atoms. The summed E-state index contributed by atoms with van der Waals surface area (Å²) >= 11 is 0. The number of carbonyl (C=O) groups excluding carboxylic acids is 1. The Bertz CT molecular complexity index is 1060. The lowest BCUT2D eigenvalue weighted by atomic mass is 10.1. The summed E-state index contributed by atoms with van der Waals surface area (Å²) in [6, 6.07) is 21.1. The Morgan fingerprint density at radius 1 is 1.15 bits per heavy atom. The van der Waals surface area contributed by atoms with Crippen LogP contribution in [-0.2, 0) is 11.4 Å². The fraction of sp³-hybridized carbons (Fsp3) is 0.0909. The van der Waals surface area contributed by atoms with Crippen molar-refractivity contribution in [3.8, 4) is 17.6 Å². The van der Waals surface area contributed by atoms with Gasteiger partial charge in [0.1, 0.15) is 29.7 Å². The molecule has 1 amide bonds. The normalized spacial score (nSPS) is 11.0. The van der Waals surface area contributed by atoms with Crippen LogP contribution in [0.15, 0.2) is 66.2 Å². The van der Waals surface area contributed by atoms with Crippen molar-refractivity contribution in [3.05, 3.63) is 77.4 Å². The highest BCUT2D eigenvalue weighted by molar-refractivity contribution is 6.00. The van der Waals surface area contributed by atoms with Crippen LogP contribution in [-0.4, -0.2) is 13.0 Å². The van der Waals surface area contributed by atoms with Crippen molar-refractivity contribution in [2.75, 3.05) is 7.11 Å².